The molecule has 3 rings (SSSR count). The number of rotatable bonds is 6. The number of anilines is 1. The van der Waals surface area contributed by atoms with E-state index < -0.39 is 38.5 Å². The fourth-order valence-electron chi connectivity index (χ4n) is 2.94. The van der Waals surface area contributed by atoms with E-state index in [4.69, 9.17) is 34.8 Å². The molecule has 0 saturated heterocycles. The lowest BCUT2D eigenvalue weighted by molar-refractivity contribution is 0.0941. The lowest BCUT2D eigenvalue weighted by Gasteiger charge is -2.18. The number of halogens is 5. The summed E-state index contributed by atoms with van der Waals surface area (Å²) in [7, 11) is -4.71. The molecule has 0 saturated carbocycles. The van der Waals surface area contributed by atoms with Crippen LogP contribution in [0.2, 0.25) is 15.1 Å². The summed E-state index contributed by atoms with van der Waals surface area (Å²) >= 11 is 18.0. The van der Waals surface area contributed by atoms with Crippen LogP contribution in [0.4, 0.5) is 14.5 Å². The number of amides is 1. The van der Waals surface area contributed by atoms with Gasteiger partial charge in [-0.15, -0.1) is 0 Å². The van der Waals surface area contributed by atoms with Crippen molar-refractivity contribution in [3.8, 4) is 0 Å². The molecule has 0 aliphatic rings. The van der Waals surface area contributed by atoms with Crippen molar-refractivity contribution in [2.75, 3.05) is 4.72 Å². The first-order valence-electron chi connectivity index (χ1n) is 9.02. The van der Waals surface area contributed by atoms with Gasteiger partial charge >= 0.3 is 0 Å². The third-order valence-electron chi connectivity index (χ3n) is 4.43. The number of hydrogen-bond acceptors (Lipinski definition) is 3. The summed E-state index contributed by atoms with van der Waals surface area (Å²) in [5.41, 5.74) is 0.202. The Balaban J connectivity index is 1.93. The van der Waals surface area contributed by atoms with E-state index >= 15 is 0 Å². The Kier molecular flexibility index (Phi) is 7.29. The zero-order chi connectivity index (χ0) is 23.6. The SMILES string of the molecule is CC(NC(=O)c1ccc(Cl)cc1NS(=O)(=O)c1c(F)cccc1F)c1ccc(Cl)cc1Cl. The minimum atomic E-state index is -4.71. The molecule has 0 bridgehead atoms. The Hall–Kier alpha value is -2.39. The highest BCUT2D eigenvalue weighted by Crippen LogP contribution is 2.29. The Morgan fingerprint density at radius 3 is 2.16 bits per heavy atom. The van der Waals surface area contributed by atoms with E-state index in [2.05, 4.69) is 5.32 Å². The monoisotopic (exact) mass is 518 g/mol. The molecule has 11 heteroatoms. The number of sulfonamides is 1. The van der Waals surface area contributed by atoms with Crippen LogP contribution in [0.5, 0.6) is 0 Å². The quantitative estimate of drug-likeness (QED) is 0.406. The van der Waals surface area contributed by atoms with Crippen LogP contribution in [0.25, 0.3) is 0 Å². The third-order valence-corrected chi connectivity index (χ3v) is 6.65. The molecule has 1 unspecified atom stereocenters. The number of benzene rings is 3. The Bertz CT molecular complexity index is 1280. The second kappa shape index (κ2) is 9.62. The van der Waals surface area contributed by atoms with E-state index in [1.54, 1.807) is 19.1 Å². The molecule has 0 radical (unpaired) electrons. The van der Waals surface area contributed by atoms with Crippen LogP contribution in [0, 0.1) is 11.6 Å². The van der Waals surface area contributed by atoms with Gasteiger partial charge in [-0.1, -0.05) is 46.9 Å². The maximum Gasteiger partial charge on any atom is 0.267 e. The molecule has 32 heavy (non-hydrogen) atoms. The van der Waals surface area contributed by atoms with Crippen molar-refractivity contribution in [3.05, 3.63) is 92.4 Å². The maximum atomic E-state index is 14.0. The van der Waals surface area contributed by atoms with Gasteiger partial charge in [0.15, 0.2) is 4.90 Å². The summed E-state index contributed by atoms with van der Waals surface area (Å²) in [6, 6.07) is 10.7. The molecular formula is C21H15Cl3F2N2O3S. The average Bonchev–Trinajstić information content (AvgIpc) is 2.67. The fraction of sp³-hybridized carbons (Fsp3) is 0.0952. The molecule has 0 heterocycles. The van der Waals surface area contributed by atoms with Gasteiger partial charge in [0.25, 0.3) is 15.9 Å². The van der Waals surface area contributed by atoms with Crippen molar-refractivity contribution < 1.29 is 22.0 Å². The topological polar surface area (TPSA) is 75.3 Å². The van der Waals surface area contributed by atoms with E-state index in [9.17, 15) is 22.0 Å². The minimum absolute atomic E-state index is 0.0991. The molecule has 3 aromatic rings. The van der Waals surface area contributed by atoms with Crippen molar-refractivity contribution in [2.24, 2.45) is 0 Å². The first-order chi connectivity index (χ1) is 15.0. The number of carbonyl (C=O) groups excluding carboxylic acids is 1. The average molecular weight is 520 g/mol. The summed E-state index contributed by atoms with van der Waals surface area (Å²) in [6.07, 6.45) is 0. The summed E-state index contributed by atoms with van der Waals surface area (Å²) in [5, 5.41) is 3.54. The van der Waals surface area contributed by atoms with Crippen LogP contribution in [-0.2, 0) is 10.0 Å². The molecule has 2 N–H and O–H groups in total. The van der Waals surface area contributed by atoms with Gasteiger partial charge in [-0.3, -0.25) is 9.52 Å². The highest BCUT2D eigenvalue weighted by Gasteiger charge is 2.26. The predicted molar refractivity (Wildman–Crippen MR) is 121 cm³/mol. The molecule has 1 atom stereocenters. The van der Waals surface area contributed by atoms with Crippen molar-refractivity contribution >= 4 is 56.4 Å². The van der Waals surface area contributed by atoms with Gasteiger partial charge in [0.2, 0.25) is 0 Å². The van der Waals surface area contributed by atoms with Gasteiger partial charge in [-0.2, -0.15) is 0 Å². The summed E-state index contributed by atoms with van der Waals surface area (Å²) in [5.74, 6) is -3.24. The molecule has 168 valence electrons. The minimum Gasteiger partial charge on any atom is -0.345 e. The lowest BCUT2D eigenvalue weighted by atomic mass is 10.1. The smallest absolute Gasteiger partial charge is 0.267 e. The standard InChI is InChI=1S/C21H15Cl3F2N2O3S/c1-11(14-7-5-12(22)9-16(14)24)27-21(29)15-8-6-13(23)10-19(15)28-32(30,31)20-17(25)3-2-4-18(20)26/h2-11,28H,1H3,(H,27,29). The van der Waals surface area contributed by atoms with Gasteiger partial charge in [-0.05, 0) is 55.0 Å². The molecule has 0 fully saturated rings. The molecule has 0 spiro atoms. The largest absolute Gasteiger partial charge is 0.345 e. The number of nitrogens with one attached hydrogen (secondary N) is 2. The first kappa shape index (κ1) is 24.3. The molecule has 5 nitrogen and oxygen atoms in total. The van der Waals surface area contributed by atoms with Crippen LogP contribution in [0.1, 0.15) is 28.9 Å². The number of carbonyl (C=O) groups is 1. The Labute approximate surface area is 198 Å². The summed E-state index contributed by atoms with van der Waals surface area (Å²) < 4.78 is 55.4. The molecule has 0 aliphatic carbocycles. The zero-order valence-electron chi connectivity index (χ0n) is 16.3. The molecular weight excluding hydrogens is 505 g/mol. The number of hydrogen-bond donors (Lipinski definition) is 2. The van der Waals surface area contributed by atoms with Crippen LogP contribution in [-0.4, -0.2) is 14.3 Å². The fourth-order valence-corrected chi connectivity index (χ4v) is 4.89. The van der Waals surface area contributed by atoms with Gasteiger partial charge in [0, 0.05) is 15.1 Å². The van der Waals surface area contributed by atoms with Crippen molar-refractivity contribution in [1.29, 1.82) is 0 Å². The van der Waals surface area contributed by atoms with Gasteiger partial charge < -0.3 is 5.32 Å². The molecule has 0 aromatic heterocycles. The van der Waals surface area contributed by atoms with E-state index in [0.717, 1.165) is 24.3 Å². The molecule has 1 amide bonds. The van der Waals surface area contributed by atoms with Crippen molar-refractivity contribution in [1.82, 2.24) is 5.32 Å². The Morgan fingerprint density at radius 1 is 0.938 bits per heavy atom. The van der Waals surface area contributed by atoms with Crippen molar-refractivity contribution in [2.45, 2.75) is 17.9 Å². The van der Waals surface area contributed by atoms with Crippen LogP contribution in [0.15, 0.2) is 59.5 Å². The maximum absolute atomic E-state index is 14.0. The van der Waals surface area contributed by atoms with E-state index in [-0.39, 0.29) is 16.3 Å². The predicted octanol–water partition coefficient (Wildman–Crippen LogP) is 6.22. The van der Waals surface area contributed by atoms with Crippen molar-refractivity contribution in [3.63, 3.8) is 0 Å². The van der Waals surface area contributed by atoms with E-state index in [1.807, 2.05) is 4.72 Å². The second-order valence-corrected chi connectivity index (χ2v) is 9.61. The molecule has 3 aromatic carbocycles. The lowest BCUT2D eigenvalue weighted by Crippen LogP contribution is -2.28. The van der Waals surface area contributed by atoms with Gasteiger partial charge in [0.05, 0.1) is 17.3 Å². The highest BCUT2D eigenvalue weighted by atomic mass is 35.5. The van der Waals surface area contributed by atoms with Gasteiger partial charge in [0.1, 0.15) is 11.6 Å². The van der Waals surface area contributed by atoms with Gasteiger partial charge in [-0.25, -0.2) is 17.2 Å². The summed E-state index contributed by atoms with van der Waals surface area (Å²) in [4.78, 5) is 11.7. The second-order valence-electron chi connectivity index (χ2n) is 6.71. The zero-order valence-corrected chi connectivity index (χ0v) is 19.4. The highest BCUT2D eigenvalue weighted by molar-refractivity contribution is 7.92. The van der Waals surface area contributed by atoms with E-state index in [1.165, 1.54) is 18.2 Å². The van der Waals surface area contributed by atoms with E-state index in [0.29, 0.717) is 15.6 Å². The Morgan fingerprint density at radius 2 is 1.53 bits per heavy atom. The van der Waals surface area contributed by atoms with Crippen LogP contribution < -0.4 is 10.0 Å². The summed E-state index contributed by atoms with van der Waals surface area (Å²) in [6.45, 7) is 1.67. The van der Waals surface area contributed by atoms with Crippen LogP contribution in [0.3, 0.4) is 0 Å². The third kappa shape index (κ3) is 5.32. The van der Waals surface area contributed by atoms with Crippen LogP contribution >= 0.6 is 34.8 Å². The molecule has 0 aliphatic heterocycles. The first-order valence-corrected chi connectivity index (χ1v) is 11.6. The normalized spacial score (nSPS) is 12.3.